The number of aromatic nitrogens is 2. The Kier molecular flexibility index (Phi) is 2.77. The van der Waals surface area contributed by atoms with Gasteiger partial charge in [0.25, 0.3) is 5.56 Å². The molecule has 0 aliphatic heterocycles. The van der Waals surface area contributed by atoms with Crippen molar-refractivity contribution in [1.29, 1.82) is 0 Å². The summed E-state index contributed by atoms with van der Waals surface area (Å²) in [5.74, 6) is 0.870. The third kappa shape index (κ3) is 1.62. The Morgan fingerprint density at radius 2 is 2.12 bits per heavy atom. The zero-order valence-corrected chi connectivity index (χ0v) is 9.95. The highest BCUT2D eigenvalue weighted by Crippen LogP contribution is 2.13. The Labute approximate surface area is 94.7 Å². The molecule has 1 aromatic carbocycles. The van der Waals surface area contributed by atoms with Gasteiger partial charge in [-0.1, -0.05) is 19.1 Å². The molecule has 1 heterocycles. The van der Waals surface area contributed by atoms with E-state index in [9.17, 15) is 4.79 Å². The SMILES string of the molecule is CCCc1nc2c(C)cccc2c(=O)n1C. The Morgan fingerprint density at radius 3 is 2.81 bits per heavy atom. The zero-order valence-electron chi connectivity index (χ0n) is 9.95. The first kappa shape index (κ1) is 10.9. The number of hydrogen-bond acceptors (Lipinski definition) is 2. The number of hydrogen-bond donors (Lipinski definition) is 0. The van der Waals surface area contributed by atoms with Gasteiger partial charge in [0.15, 0.2) is 0 Å². The molecule has 0 fully saturated rings. The molecule has 0 spiro atoms. The number of nitrogens with zero attached hydrogens (tertiary/aromatic N) is 2. The summed E-state index contributed by atoms with van der Waals surface area (Å²) in [6, 6.07) is 5.73. The predicted octanol–water partition coefficient (Wildman–Crippen LogP) is 2.19. The molecule has 1 aromatic heterocycles. The molecule has 16 heavy (non-hydrogen) atoms. The summed E-state index contributed by atoms with van der Waals surface area (Å²) in [5.41, 5.74) is 1.96. The van der Waals surface area contributed by atoms with E-state index in [1.165, 1.54) is 0 Å². The summed E-state index contributed by atoms with van der Waals surface area (Å²) in [5, 5.41) is 0.711. The fourth-order valence-electron chi connectivity index (χ4n) is 1.93. The Morgan fingerprint density at radius 1 is 1.38 bits per heavy atom. The summed E-state index contributed by atoms with van der Waals surface area (Å²) in [6.07, 6.45) is 1.84. The Balaban J connectivity index is 2.84. The van der Waals surface area contributed by atoms with Crippen LogP contribution in [0.15, 0.2) is 23.0 Å². The van der Waals surface area contributed by atoms with E-state index in [0.717, 1.165) is 29.7 Å². The van der Waals surface area contributed by atoms with Crippen molar-refractivity contribution in [3.05, 3.63) is 39.9 Å². The number of fused-ring (bicyclic) bond motifs is 1. The minimum Gasteiger partial charge on any atom is -0.299 e. The van der Waals surface area contributed by atoms with Crippen LogP contribution in [0.1, 0.15) is 24.7 Å². The molecular formula is C13H16N2O. The van der Waals surface area contributed by atoms with Crippen LogP contribution in [0.5, 0.6) is 0 Å². The lowest BCUT2D eigenvalue weighted by Gasteiger charge is -2.09. The molecule has 0 aliphatic rings. The summed E-state index contributed by atoms with van der Waals surface area (Å²) in [7, 11) is 1.79. The van der Waals surface area contributed by atoms with Gasteiger partial charge in [0, 0.05) is 13.5 Å². The van der Waals surface area contributed by atoms with Crippen molar-refractivity contribution in [2.24, 2.45) is 7.05 Å². The molecule has 3 heteroatoms. The van der Waals surface area contributed by atoms with Gasteiger partial charge in [-0.25, -0.2) is 4.98 Å². The topological polar surface area (TPSA) is 34.9 Å². The standard InChI is InChI=1S/C13H16N2O/c1-4-6-11-14-12-9(2)7-5-8-10(12)13(16)15(11)3/h5,7-8H,4,6H2,1-3H3. The molecule has 0 saturated heterocycles. The predicted molar refractivity (Wildman–Crippen MR) is 65.7 cm³/mol. The van der Waals surface area contributed by atoms with Crippen LogP contribution in [0.25, 0.3) is 10.9 Å². The fourth-order valence-corrected chi connectivity index (χ4v) is 1.93. The third-order valence-electron chi connectivity index (χ3n) is 2.87. The minimum atomic E-state index is 0.0529. The summed E-state index contributed by atoms with van der Waals surface area (Å²) in [4.78, 5) is 16.7. The van der Waals surface area contributed by atoms with E-state index in [2.05, 4.69) is 11.9 Å². The first-order valence-corrected chi connectivity index (χ1v) is 5.60. The van der Waals surface area contributed by atoms with Gasteiger partial charge in [-0.2, -0.15) is 0 Å². The van der Waals surface area contributed by atoms with E-state index in [4.69, 9.17) is 0 Å². The van der Waals surface area contributed by atoms with Crippen LogP contribution < -0.4 is 5.56 Å². The molecule has 84 valence electrons. The van der Waals surface area contributed by atoms with Crippen LogP contribution in [0.4, 0.5) is 0 Å². The molecule has 3 nitrogen and oxygen atoms in total. The van der Waals surface area contributed by atoms with Crippen LogP contribution in [0, 0.1) is 6.92 Å². The first-order chi connectivity index (χ1) is 7.65. The van der Waals surface area contributed by atoms with Crippen molar-refractivity contribution in [3.8, 4) is 0 Å². The second-order valence-electron chi connectivity index (χ2n) is 4.11. The van der Waals surface area contributed by atoms with E-state index in [1.807, 2.05) is 25.1 Å². The van der Waals surface area contributed by atoms with Crippen LogP contribution >= 0.6 is 0 Å². The molecule has 0 amide bonds. The summed E-state index contributed by atoms with van der Waals surface area (Å²) >= 11 is 0. The van der Waals surface area contributed by atoms with E-state index in [0.29, 0.717) is 5.39 Å². The maximum atomic E-state index is 12.1. The lowest BCUT2D eigenvalue weighted by molar-refractivity contribution is 0.717. The maximum absolute atomic E-state index is 12.1. The highest BCUT2D eigenvalue weighted by molar-refractivity contribution is 5.80. The van der Waals surface area contributed by atoms with Gasteiger partial charge in [0.2, 0.25) is 0 Å². The smallest absolute Gasteiger partial charge is 0.261 e. The maximum Gasteiger partial charge on any atom is 0.261 e. The number of benzene rings is 1. The van der Waals surface area contributed by atoms with Crippen molar-refractivity contribution < 1.29 is 0 Å². The molecule has 0 bridgehead atoms. The number of rotatable bonds is 2. The average molecular weight is 216 g/mol. The highest BCUT2D eigenvalue weighted by atomic mass is 16.1. The second kappa shape index (κ2) is 4.08. The zero-order chi connectivity index (χ0) is 11.7. The summed E-state index contributed by atoms with van der Waals surface area (Å²) in [6.45, 7) is 4.08. The Bertz CT molecular complexity index is 584. The van der Waals surface area contributed by atoms with Crippen molar-refractivity contribution in [2.45, 2.75) is 26.7 Å². The molecule has 0 N–H and O–H groups in total. The highest BCUT2D eigenvalue weighted by Gasteiger charge is 2.08. The van der Waals surface area contributed by atoms with E-state index in [1.54, 1.807) is 11.6 Å². The number of para-hydroxylation sites is 1. The second-order valence-corrected chi connectivity index (χ2v) is 4.11. The average Bonchev–Trinajstić information content (AvgIpc) is 2.27. The molecule has 0 unspecified atom stereocenters. The van der Waals surface area contributed by atoms with Gasteiger partial charge >= 0.3 is 0 Å². The van der Waals surface area contributed by atoms with Gasteiger partial charge in [-0.05, 0) is 25.0 Å². The molecule has 0 radical (unpaired) electrons. The van der Waals surface area contributed by atoms with Crippen molar-refractivity contribution >= 4 is 10.9 Å². The van der Waals surface area contributed by atoms with Gasteiger partial charge in [0.05, 0.1) is 10.9 Å². The van der Waals surface area contributed by atoms with E-state index in [-0.39, 0.29) is 5.56 Å². The lowest BCUT2D eigenvalue weighted by atomic mass is 10.1. The quantitative estimate of drug-likeness (QED) is 0.771. The van der Waals surface area contributed by atoms with Crippen LogP contribution in [-0.2, 0) is 13.5 Å². The van der Waals surface area contributed by atoms with Crippen molar-refractivity contribution in [3.63, 3.8) is 0 Å². The van der Waals surface area contributed by atoms with E-state index < -0.39 is 0 Å². The van der Waals surface area contributed by atoms with Crippen LogP contribution in [-0.4, -0.2) is 9.55 Å². The van der Waals surface area contributed by atoms with Gasteiger partial charge in [0.1, 0.15) is 5.82 Å². The largest absolute Gasteiger partial charge is 0.299 e. The van der Waals surface area contributed by atoms with Crippen LogP contribution in [0.3, 0.4) is 0 Å². The number of aryl methyl sites for hydroxylation is 2. The summed E-state index contributed by atoms with van der Waals surface area (Å²) < 4.78 is 1.66. The van der Waals surface area contributed by atoms with Gasteiger partial charge in [-0.15, -0.1) is 0 Å². The molecule has 0 atom stereocenters. The Hall–Kier alpha value is -1.64. The molecule has 0 aliphatic carbocycles. The molecule has 0 saturated carbocycles. The van der Waals surface area contributed by atoms with Crippen molar-refractivity contribution in [2.75, 3.05) is 0 Å². The first-order valence-electron chi connectivity index (χ1n) is 5.60. The fraction of sp³-hybridized carbons (Fsp3) is 0.385. The third-order valence-corrected chi connectivity index (χ3v) is 2.87. The van der Waals surface area contributed by atoms with Gasteiger partial charge in [-0.3, -0.25) is 9.36 Å². The monoisotopic (exact) mass is 216 g/mol. The van der Waals surface area contributed by atoms with E-state index >= 15 is 0 Å². The minimum absolute atomic E-state index is 0.0529. The van der Waals surface area contributed by atoms with Gasteiger partial charge < -0.3 is 0 Å². The normalized spacial score (nSPS) is 10.9. The van der Waals surface area contributed by atoms with Crippen molar-refractivity contribution in [1.82, 2.24) is 9.55 Å². The van der Waals surface area contributed by atoms with Crippen LogP contribution in [0.2, 0.25) is 0 Å². The molecule has 2 aromatic rings. The lowest BCUT2D eigenvalue weighted by Crippen LogP contribution is -2.22. The molecular weight excluding hydrogens is 200 g/mol. The molecule has 2 rings (SSSR count).